The third kappa shape index (κ3) is 4.03. The number of ether oxygens (including phenoxy) is 1. The molecular weight excluding hydrogens is 354 g/mol. The molecule has 1 aromatic rings. The molecule has 2 heterocycles. The van der Waals surface area contributed by atoms with Crippen molar-refractivity contribution in [2.75, 3.05) is 38.1 Å². The maximum Gasteiger partial charge on any atom is 0.244 e. The molecule has 2 saturated heterocycles. The minimum atomic E-state index is -0.300. The summed E-state index contributed by atoms with van der Waals surface area (Å²) in [5.74, 6) is 0.0376. The molecule has 0 aromatic heterocycles. The number of carbonyl (C=O) groups is 2. The number of nitrogens with zero attached hydrogens (tertiary/aromatic N) is 3. The van der Waals surface area contributed by atoms with Crippen molar-refractivity contribution in [3.63, 3.8) is 0 Å². The quantitative estimate of drug-likeness (QED) is 0.803. The monoisotopic (exact) mass is 379 g/mol. The molecule has 2 fully saturated rings. The van der Waals surface area contributed by atoms with Gasteiger partial charge in [-0.05, 0) is 39.4 Å². The van der Waals surface area contributed by atoms with Gasteiger partial charge in [-0.2, -0.15) is 0 Å². The van der Waals surface area contributed by atoms with E-state index >= 15 is 0 Å². The van der Waals surface area contributed by atoms with Gasteiger partial charge in [0.05, 0.1) is 35.5 Å². The number of hydrogen-bond acceptors (Lipinski definition) is 4. The number of anilines is 1. The molecular formula is C19H26ClN3O3. The highest BCUT2D eigenvalue weighted by Gasteiger charge is 2.37. The lowest BCUT2D eigenvalue weighted by Gasteiger charge is -2.36. The SMILES string of the molecule is CC1CN(C(=O)CN(C)C2CCN(c3ccccc3Cl)C2=O)CC(C)O1. The van der Waals surface area contributed by atoms with Crippen LogP contribution in [0.5, 0.6) is 0 Å². The number of rotatable bonds is 4. The molecule has 6 nitrogen and oxygen atoms in total. The predicted octanol–water partition coefficient (Wildman–Crippen LogP) is 2.01. The number of hydrogen-bond donors (Lipinski definition) is 0. The zero-order valence-electron chi connectivity index (χ0n) is 15.5. The first-order valence-electron chi connectivity index (χ1n) is 9.06. The average Bonchev–Trinajstić information content (AvgIpc) is 2.96. The van der Waals surface area contributed by atoms with Crippen molar-refractivity contribution in [2.45, 2.75) is 38.5 Å². The Morgan fingerprint density at radius 2 is 1.92 bits per heavy atom. The van der Waals surface area contributed by atoms with Gasteiger partial charge in [0, 0.05) is 19.6 Å². The number of para-hydroxylation sites is 1. The van der Waals surface area contributed by atoms with Crippen LogP contribution in [-0.2, 0) is 14.3 Å². The van der Waals surface area contributed by atoms with Gasteiger partial charge in [0.15, 0.2) is 0 Å². The van der Waals surface area contributed by atoms with Crippen LogP contribution in [0.1, 0.15) is 20.3 Å². The van der Waals surface area contributed by atoms with Crippen LogP contribution in [0.3, 0.4) is 0 Å². The van der Waals surface area contributed by atoms with Gasteiger partial charge < -0.3 is 14.5 Å². The Morgan fingerprint density at radius 3 is 2.58 bits per heavy atom. The molecule has 26 heavy (non-hydrogen) atoms. The summed E-state index contributed by atoms with van der Waals surface area (Å²) < 4.78 is 5.68. The van der Waals surface area contributed by atoms with Gasteiger partial charge in [0.25, 0.3) is 0 Å². The van der Waals surface area contributed by atoms with Crippen molar-refractivity contribution in [3.05, 3.63) is 29.3 Å². The average molecular weight is 380 g/mol. The second-order valence-corrected chi connectivity index (χ2v) is 7.62. The van der Waals surface area contributed by atoms with Gasteiger partial charge in [-0.25, -0.2) is 0 Å². The first kappa shape index (κ1) is 19.1. The summed E-state index contributed by atoms with van der Waals surface area (Å²) in [7, 11) is 1.84. The Balaban J connectivity index is 1.62. The van der Waals surface area contributed by atoms with Gasteiger partial charge >= 0.3 is 0 Å². The molecule has 3 unspecified atom stereocenters. The van der Waals surface area contributed by atoms with E-state index in [2.05, 4.69) is 0 Å². The van der Waals surface area contributed by atoms with E-state index in [-0.39, 0.29) is 36.6 Å². The first-order valence-corrected chi connectivity index (χ1v) is 9.44. The van der Waals surface area contributed by atoms with E-state index < -0.39 is 0 Å². The van der Waals surface area contributed by atoms with Crippen LogP contribution >= 0.6 is 11.6 Å². The summed E-state index contributed by atoms with van der Waals surface area (Å²) in [6.07, 6.45) is 0.762. The van der Waals surface area contributed by atoms with E-state index in [1.807, 2.05) is 48.9 Å². The smallest absolute Gasteiger partial charge is 0.244 e. The molecule has 7 heteroatoms. The molecule has 0 N–H and O–H groups in total. The number of benzene rings is 1. The van der Waals surface area contributed by atoms with E-state index in [0.29, 0.717) is 31.1 Å². The lowest BCUT2D eigenvalue weighted by molar-refractivity contribution is -0.144. The lowest BCUT2D eigenvalue weighted by Crippen LogP contribution is -2.52. The minimum Gasteiger partial charge on any atom is -0.372 e. The van der Waals surface area contributed by atoms with Crippen LogP contribution in [0.25, 0.3) is 0 Å². The van der Waals surface area contributed by atoms with E-state index in [4.69, 9.17) is 16.3 Å². The number of amides is 2. The van der Waals surface area contributed by atoms with Crippen molar-refractivity contribution in [1.82, 2.24) is 9.80 Å². The second-order valence-electron chi connectivity index (χ2n) is 7.22. The van der Waals surface area contributed by atoms with Gasteiger partial charge in [-0.15, -0.1) is 0 Å². The third-order valence-corrected chi connectivity index (χ3v) is 5.33. The number of carbonyl (C=O) groups excluding carboxylic acids is 2. The lowest BCUT2D eigenvalue weighted by atomic mass is 10.2. The standard InChI is InChI=1S/C19H26ClN3O3/c1-13-10-22(11-14(2)26-13)18(24)12-21(3)17-8-9-23(19(17)25)16-7-5-4-6-15(16)20/h4-7,13-14,17H,8-12H2,1-3H3. The molecule has 0 saturated carbocycles. The molecule has 2 aliphatic heterocycles. The van der Waals surface area contributed by atoms with Gasteiger partial charge in [-0.1, -0.05) is 23.7 Å². The van der Waals surface area contributed by atoms with Gasteiger partial charge in [0.2, 0.25) is 11.8 Å². The summed E-state index contributed by atoms with van der Waals surface area (Å²) in [5.41, 5.74) is 0.734. The molecule has 0 bridgehead atoms. The normalized spacial score (nSPS) is 26.7. The minimum absolute atomic E-state index is 0.00267. The predicted molar refractivity (Wildman–Crippen MR) is 101 cm³/mol. The molecule has 0 radical (unpaired) electrons. The molecule has 0 aliphatic carbocycles. The summed E-state index contributed by atoms with van der Waals surface area (Å²) in [5, 5.41) is 0.566. The van der Waals surface area contributed by atoms with E-state index in [0.717, 1.165) is 5.69 Å². The number of likely N-dealkylation sites (N-methyl/N-ethyl adjacent to an activating group) is 1. The van der Waals surface area contributed by atoms with Crippen molar-refractivity contribution in [3.8, 4) is 0 Å². The van der Waals surface area contributed by atoms with Crippen LogP contribution < -0.4 is 4.90 Å². The molecule has 0 spiro atoms. The zero-order chi connectivity index (χ0) is 18.8. The fourth-order valence-corrected chi connectivity index (χ4v) is 4.03. The Hall–Kier alpha value is -1.63. The molecule has 3 atom stereocenters. The molecule has 2 aliphatic rings. The molecule has 1 aromatic carbocycles. The zero-order valence-corrected chi connectivity index (χ0v) is 16.3. The van der Waals surface area contributed by atoms with Gasteiger partial charge in [-0.3, -0.25) is 14.5 Å². The Kier molecular flexibility index (Phi) is 5.85. The summed E-state index contributed by atoms with van der Waals surface area (Å²) in [4.78, 5) is 30.9. The summed E-state index contributed by atoms with van der Waals surface area (Å²) in [6, 6.07) is 7.05. The van der Waals surface area contributed by atoms with Crippen LogP contribution in [0.15, 0.2) is 24.3 Å². The third-order valence-electron chi connectivity index (χ3n) is 5.01. The first-order chi connectivity index (χ1) is 12.4. The van der Waals surface area contributed by atoms with E-state index in [1.165, 1.54) is 0 Å². The summed E-state index contributed by atoms with van der Waals surface area (Å²) in [6.45, 7) is 5.98. The van der Waals surface area contributed by atoms with Crippen molar-refractivity contribution in [2.24, 2.45) is 0 Å². The van der Waals surface area contributed by atoms with Crippen LogP contribution in [0, 0.1) is 0 Å². The van der Waals surface area contributed by atoms with Crippen molar-refractivity contribution >= 4 is 29.1 Å². The highest BCUT2D eigenvalue weighted by atomic mass is 35.5. The number of morpholine rings is 1. The maximum absolute atomic E-state index is 12.8. The van der Waals surface area contributed by atoms with E-state index in [1.54, 1.807) is 11.0 Å². The van der Waals surface area contributed by atoms with Crippen molar-refractivity contribution < 1.29 is 14.3 Å². The highest BCUT2D eigenvalue weighted by molar-refractivity contribution is 6.33. The van der Waals surface area contributed by atoms with Crippen LogP contribution in [-0.4, -0.2) is 73.1 Å². The Morgan fingerprint density at radius 1 is 1.27 bits per heavy atom. The maximum atomic E-state index is 12.8. The highest BCUT2D eigenvalue weighted by Crippen LogP contribution is 2.30. The topological polar surface area (TPSA) is 53.1 Å². The second kappa shape index (κ2) is 7.94. The van der Waals surface area contributed by atoms with E-state index in [9.17, 15) is 9.59 Å². The fraction of sp³-hybridized carbons (Fsp3) is 0.579. The van der Waals surface area contributed by atoms with Crippen LogP contribution in [0.4, 0.5) is 5.69 Å². The Labute approximate surface area is 159 Å². The van der Waals surface area contributed by atoms with Crippen LogP contribution in [0.2, 0.25) is 5.02 Å². The molecule has 3 rings (SSSR count). The van der Waals surface area contributed by atoms with Crippen molar-refractivity contribution in [1.29, 1.82) is 0 Å². The summed E-state index contributed by atoms with van der Waals surface area (Å²) >= 11 is 6.23. The fourth-order valence-electron chi connectivity index (χ4n) is 3.79. The number of halogens is 1. The largest absolute Gasteiger partial charge is 0.372 e. The molecule has 142 valence electrons. The van der Waals surface area contributed by atoms with Gasteiger partial charge in [0.1, 0.15) is 0 Å². The Bertz CT molecular complexity index is 674. The molecule has 2 amide bonds.